The Bertz CT molecular complexity index is 517. The lowest BCUT2D eigenvalue weighted by atomic mass is 10.4. The molecule has 2 aromatic rings. The van der Waals surface area contributed by atoms with E-state index in [1.807, 2.05) is 12.1 Å². The Morgan fingerprint density at radius 2 is 1.88 bits per heavy atom. The number of anilines is 1. The van der Waals surface area contributed by atoms with Gasteiger partial charge in [-0.1, -0.05) is 35.0 Å². The highest BCUT2D eigenvalue weighted by Gasteiger charge is 2.02. The molecule has 16 heavy (non-hydrogen) atoms. The Kier molecular flexibility index (Phi) is 3.59. The standard InChI is InChI=1S/C11H8Cl2N2S/c12-9-2-1-8(6-10(9)13)16-11-5-7(14)3-4-15-11/h1-6H,(H2,14,15). The lowest BCUT2D eigenvalue weighted by Crippen LogP contribution is -1.86. The van der Waals surface area contributed by atoms with Crippen molar-refractivity contribution >= 4 is 40.7 Å². The zero-order valence-corrected chi connectivity index (χ0v) is 10.5. The van der Waals surface area contributed by atoms with Gasteiger partial charge in [0.15, 0.2) is 0 Å². The maximum atomic E-state index is 5.92. The van der Waals surface area contributed by atoms with Gasteiger partial charge in [0.25, 0.3) is 0 Å². The first-order valence-electron chi connectivity index (χ1n) is 4.49. The number of halogens is 2. The summed E-state index contributed by atoms with van der Waals surface area (Å²) in [6, 6.07) is 9.02. The molecule has 0 radical (unpaired) electrons. The molecule has 0 saturated carbocycles. The maximum absolute atomic E-state index is 5.92. The van der Waals surface area contributed by atoms with Crippen molar-refractivity contribution in [3.63, 3.8) is 0 Å². The number of nitrogen functional groups attached to an aromatic ring is 1. The highest BCUT2D eigenvalue weighted by Crippen LogP contribution is 2.31. The van der Waals surface area contributed by atoms with E-state index in [4.69, 9.17) is 28.9 Å². The maximum Gasteiger partial charge on any atom is 0.103 e. The molecule has 0 aliphatic carbocycles. The van der Waals surface area contributed by atoms with E-state index in [1.54, 1.807) is 24.4 Å². The second kappa shape index (κ2) is 4.95. The molecule has 0 saturated heterocycles. The predicted molar refractivity (Wildman–Crippen MR) is 69.2 cm³/mol. The van der Waals surface area contributed by atoms with Crippen molar-refractivity contribution in [3.8, 4) is 0 Å². The van der Waals surface area contributed by atoms with E-state index in [-0.39, 0.29) is 0 Å². The van der Waals surface area contributed by atoms with Gasteiger partial charge >= 0.3 is 0 Å². The van der Waals surface area contributed by atoms with E-state index in [9.17, 15) is 0 Å². The fraction of sp³-hybridized carbons (Fsp3) is 0. The highest BCUT2D eigenvalue weighted by atomic mass is 35.5. The molecule has 5 heteroatoms. The summed E-state index contributed by atoms with van der Waals surface area (Å²) in [5.74, 6) is 0. The van der Waals surface area contributed by atoms with Crippen LogP contribution in [0.3, 0.4) is 0 Å². The molecule has 0 fully saturated rings. The van der Waals surface area contributed by atoms with Gasteiger partial charge in [-0.15, -0.1) is 0 Å². The molecule has 0 bridgehead atoms. The van der Waals surface area contributed by atoms with Crippen molar-refractivity contribution in [2.75, 3.05) is 5.73 Å². The Morgan fingerprint density at radius 1 is 1.06 bits per heavy atom. The van der Waals surface area contributed by atoms with Gasteiger partial charge in [-0.05, 0) is 30.3 Å². The number of rotatable bonds is 2. The molecule has 1 heterocycles. The number of hydrogen-bond acceptors (Lipinski definition) is 3. The van der Waals surface area contributed by atoms with Gasteiger partial charge in [0, 0.05) is 16.8 Å². The van der Waals surface area contributed by atoms with E-state index in [1.165, 1.54) is 11.8 Å². The van der Waals surface area contributed by atoms with Crippen LogP contribution >= 0.6 is 35.0 Å². The zero-order chi connectivity index (χ0) is 11.5. The third-order valence-corrected chi connectivity index (χ3v) is 3.53. The van der Waals surface area contributed by atoms with Crippen LogP contribution in [-0.2, 0) is 0 Å². The minimum atomic E-state index is 0.538. The average molecular weight is 271 g/mol. The first-order valence-corrected chi connectivity index (χ1v) is 6.07. The minimum Gasteiger partial charge on any atom is -0.399 e. The van der Waals surface area contributed by atoms with Gasteiger partial charge in [-0.2, -0.15) is 0 Å². The van der Waals surface area contributed by atoms with Gasteiger partial charge < -0.3 is 5.73 Å². The quantitative estimate of drug-likeness (QED) is 0.892. The van der Waals surface area contributed by atoms with Crippen LogP contribution in [0.1, 0.15) is 0 Å². The number of nitrogens with two attached hydrogens (primary N) is 1. The summed E-state index contributed by atoms with van der Waals surface area (Å²) in [7, 11) is 0. The smallest absolute Gasteiger partial charge is 0.103 e. The summed E-state index contributed by atoms with van der Waals surface area (Å²) in [6.45, 7) is 0. The molecule has 0 unspecified atom stereocenters. The van der Waals surface area contributed by atoms with Crippen LogP contribution < -0.4 is 5.73 Å². The Morgan fingerprint density at radius 3 is 2.56 bits per heavy atom. The molecule has 0 aliphatic rings. The topological polar surface area (TPSA) is 38.9 Å². The Balaban J connectivity index is 2.24. The summed E-state index contributed by atoms with van der Waals surface area (Å²) < 4.78 is 0. The number of hydrogen-bond donors (Lipinski definition) is 1. The van der Waals surface area contributed by atoms with Crippen LogP contribution in [0.5, 0.6) is 0 Å². The first kappa shape index (κ1) is 11.6. The highest BCUT2D eigenvalue weighted by molar-refractivity contribution is 7.99. The van der Waals surface area contributed by atoms with E-state index in [2.05, 4.69) is 4.98 Å². The fourth-order valence-electron chi connectivity index (χ4n) is 1.14. The minimum absolute atomic E-state index is 0.538. The van der Waals surface area contributed by atoms with Crippen molar-refractivity contribution in [1.29, 1.82) is 0 Å². The molecular weight excluding hydrogens is 263 g/mol. The summed E-state index contributed by atoms with van der Waals surface area (Å²) in [4.78, 5) is 5.17. The van der Waals surface area contributed by atoms with E-state index >= 15 is 0 Å². The van der Waals surface area contributed by atoms with Crippen LogP contribution in [0.25, 0.3) is 0 Å². The molecule has 0 spiro atoms. The molecule has 2 N–H and O–H groups in total. The van der Waals surface area contributed by atoms with Crippen LogP contribution in [0.2, 0.25) is 10.0 Å². The Labute approximate surface area is 108 Å². The van der Waals surface area contributed by atoms with Gasteiger partial charge in [0.2, 0.25) is 0 Å². The largest absolute Gasteiger partial charge is 0.399 e. The zero-order valence-electron chi connectivity index (χ0n) is 8.15. The molecule has 1 aromatic carbocycles. The summed E-state index contributed by atoms with van der Waals surface area (Å²) in [6.07, 6.45) is 1.68. The molecule has 82 valence electrons. The van der Waals surface area contributed by atoms with Crippen molar-refractivity contribution in [2.24, 2.45) is 0 Å². The summed E-state index contributed by atoms with van der Waals surface area (Å²) in [5.41, 5.74) is 6.36. The molecule has 0 amide bonds. The van der Waals surface area contributed by atoms with Crippen LogP contribution in [0, 0.1) is 0 Å². The first-order chi connectivity index (χ1) is 7.65. The van der Waals surface area contributed by atoms with Gasteiger partial charge in [0.1, 0.15) is 5.03 Å². The van der Waals surface area contributed by atoms with E-state index in [0.717, 1.165) is 9.92 Å². The van der Waals surface area contributed by atoms with E-state index < -0.39 is 0 Å². The van der Waals surface area contributed by atoms with Gasteiger partial charge in [-0.25, -0.2) is 4.98 Å². The van der Waals surface area contributed by atoms with E-state index in [0.29, 0.717) is 15.7 Å². The molecule has 2 nitrogen and oxygen atoms in total. The summed E-state index contributed by atoms with van der Waals surface area (Å²) >= 11 is 13.2. The number of pyridine rings is 1. The molecule has 0 atom stereocenters. The van der Waals surface area contributed by atoms with Crippen molar-refractivity contribution < 1.29 is 0 Å². The van der Waals surface area contributed by atoms with Crippen LogP contribution in [-0.4, -0.2) is 4.98 Å². The van der Waals surface area contributed by atoms with Gasteiger partial charge in [-0.3, -0.25) is 0 Å². The van der Waals surface area contributed by atoms with Gasteiger partial charge in [0.05, 0.1) is 10.0 Å². The normalized spacial score (nSPS) is 10.4. The summed E-state index contributed by atoms with van der Waals surface area (Å²) in [5, 5.41) is 1.92. The molecule has 0 aliphatic heterocycles. The molecular formula is C11H8Cl2N2S. The Hall–Kier alpha value is -0.900. The predicted octanol–water partition coefficient (Wildman–Crippen LogP) is 4.12. The second-order valence-electron chi connectivity index (χ2n) is 3.11. The van der Waals surface area contributed by atoms with Crippen molar-refractivity contribution in [1.82, 2.24) is 4.98 Å². The van der Waals surface area contributed by atoms with Crippen molar-refractivity contribution in [2.45, 2.75) is 9.92 Å². The number of aromatic nitrogens is 1. The third-order valence-electron chi connectivity index (χ3n) is 1.87. The average Bonchev–Trinajstić information content (AvgIpc) is 2.24. The lowest BCUT2D eigenvalue weighted by molar-refractivity contribution is 1.14. The molecule has 2 rings (SSSR count). The SMILES string of the molecule is Nc1ccnc(Sc2ccc(Cl)c(Cl)c2)c1. The van der Waals surface area contributed by atoms with Crippen LogP contribution in [0.15, 0.2) is 46.5 Å². The lowest BCUT2D eigenvalue weighted by Gasteiger charge is -2.03. The fourth-order valence-corrected chi connectivity index (χ4v) is 2.37. The van der Waals surface area contributed by atoms with Crippen molar-refractivity contribution in [3.05, 3.63) is 46.6 Å². The van der Waals surface area contributed by atoms with Crippen LogP contribution in [0.4, 0.5) is 5.69 Å². The molecule has 1 aromatic heterocycles. The second-order valence-corrected chi connectivity index (χ2v) is 5.01. The monoisotopic (exact) mass is 270 g/mol. The number of benzene rings is 1. The number of nitrogens with zero attached hydrogens (tertiary/aromatic N) is 1. The third kappa shape index (κ3) is 2.82.